The van der Waals surface area contributed by atoms with Crippen molar-refractivity contribution in [1.29, 1.82) is 0 Å². The Kier molecular flexibility index (Phi) is 8.28. The van der Waals surface area contributed by atoms with Crippen LogP contribution >= 0.6 is 0 Å². The fourth-order valence-corrected chi connectivity index (χ4v) is 2.49. The van der Waals surface area contributed by atoms with Gasteiger partial charge in [0.15, 0.2) is 5.96 Å². The minimum Gasteiger partial charge on any atom is -0.357 e. The monoisotopic (exact) mass is 371 g/mol. The van der Waals surface area contributed by atoms with Crippen LogP contribution in [0.2, 0.25) is 0 Å². The maximum absolute atomic E-state index is 11.9. The molecule has 2 rings (SSSR count). The Morgan fingerprint density at radius 2 is 1.81 bits per heavy atom. The fraction of sp³-hybridized carbons (Fsp3) is 0.474. The molecular formula is C19H29N7O. The largest absolute Gasteiger partial charge is 0.357 e. The molecule has 0 unspecified atom stereocenters. The van der Waals surface area contributed by atoms with E-state index < -0.39 is 0 Å². The minimum atomic E-state index is 0.00605. The number of amides is 1. The van der Waals surface area contributed by atoms with Gasteiger partial charge in [-0.1, -0.05) is 12.1 Å². The molecule has 1 aromatic heterocycles. The number of aromatic nitrogens is 3. The van der Waals surface area contributed by atoms with Gasteiger partial charge in [-0.2, -0.15) is 0 Å². The van der Waals surface area contributed by atoms with Crippen LogP contribution in [0.4, 0.5) is 0 Å². The summed E-state index contributed by atoms with van der Waals surface area (Å²) >= 11 is 0. The molecule has 0 aliphatic heterocycles. The highest BCUT2D eigenvalue weighted by Gasteiger charge is 2.07. The molecule has 2 aromatic rings. The van der Waals surface area contributed by atoms with Gasteiger partial charge in [-0.25, -0.2) is 4.99 Å². The second-order valence-corrected chi connectivity index (χ2v) is 6.43. The van der Waals surface area contributed by atoms with Crippen LogP contribution in [-0.2, 0) is 13.1 Å². The number of aryl methyl sites for hydroxylation is 1. The van der Waals surface area contributed by atoms with Crippen molar-refractivity contribution in [2.24, 2.45) is 4.99 Å². The number of carbonyl (C=O) groups excluding carboxylic acids is 1. The molecule has 0 aliphatic rings. The molecule has 8 nitrogen and oxygen atoms in total. The highest BCUT2D eigenvalue weighted by molar-refractivity contribution is 5.93. The summed E-state index contributed by atoms with van der Waals surface area (Å²) in [5, 5.41) is 14.2. The van der Waals surface area contributed by atoms with Gasteiger partial charge in [0.1, 0.15) is 12.7 Å². The third-order valence-corrected chi connectivity index (χ3v) is 3.97. The van der Waals surface area contributed by atoms with E-state index in [0.29, 0.717) is 12.1 Å². The number of aliphatic imine (C=N–C) groups is 1. The molecule has 8 heteroatoms. The Hall–Kier alpha value is -2.90. The number of hydrogen-bond donors (Lipinski definition) is 2. The van der Waals surface area contributed by atoms with Crippen LogP contribution in [0.25, 0.3) is 0 Å². The zero-order valence-corrected chi connectivity index (χ0v) is 16.4. The van der Waals surface area contributed by atoms with Crippen LogP contribution in [0, 0.1) is 0 Å². The van der Waals surface area contributed by atoms with E-state index in [1.165, 1.54) is 0 Å². The Morgan fingerprint density at radius 1 is 1.11 bits per heavy atom. The molecule has 1 aromatic carbocycles. The van der Waals surface area contributed by atoms with Gasteiger partial charge in [-0.05, 0) is 37.5 Å². The van der Waals surface area contributed by atoms with E-state index in [-0.39, 0.29) is 5.91 Å². The van der Waals surface area contributed by atoms with E-state index in [1.807, 2.05) is 35.8 Å². The molecule has 0 radical (unpaired) electrons. The molecule has 0 saturated heterocycles. The van der Waals surface area contributed by atoms with Crippen molar-refractivity contribution in [3.8, 4) is 0 Å². The predicted octanol–water partition coefficient (Wildman–Crippen LogP) is 1.52. The lowest BCUT2D eigenvalue weighted by Gasteiger charge is -2.12. The maximum Gasteiger partial charge on any atom is 0.253 e. The van der Waals surface area contributed by atoms with Gasteiger partial charge in [-0.15, -0.1) is 10.2 Å². The van der Waals surface area contributed by atoms with Crippen molar-refractivity contribution in [3.63, 3.8) is 0 Å². The Labute approximate surface area is 160 Å². The number of hydrogen-bond acceptors (Lipinski definition) is 4. The number of nitrogens with zero attached hydrogens (tertiary/aromatic N) is 5. The standard InChI is InChI=1S/C19H29N7O/c1-4-20-19(21-11-5-6-12-26-14-23-24-15-26)22-13-16-7-9-17(10-8-16)18(27)25(2)3/h7-10,14-15H,4-6,11-13H2,1-3H3,(H2,20,21,22). The summed E-state index contributed by atoms with van der Waals surface area (Å²) in [5.74, 6) is 0.807. The Balaban J connectivity index is 1.79. The van der Waals surface area contributed by atoms with E-state index in [9.17, 15) is 4.79 Å². The van der Waals surface area contributed by atoms with Crippen molar-refractivity contribution in [2.75, 3.05) is 27.2 Å². The molecule has 0 fully saturated rings. The first-order valence-electron chi connectivity index (χ1n) is 9.25. The number of carbonyl (C=O) groups is 1. The van der Waals surface area contributed by atoms with Gasteiger partial charge in [0.25, 0.3) is 5.91 Å². The molecular weight excluding hydrogens is 342 g/mol. The number of guanidine groups is 1. The van der Waals surface area contributed by atoms with Gasteiger partial charge in [0.2, 0.25) is 0 Å². The summed E-state index contributed by atoms with van der Waals surface area (Å²) in [4.78, 5) is 18.1. The molecule has 0 aliphatic carbocycles. The third-order valence-electron chi connectivity index (χ3n) is 3.97. The summed E-state index contributed by atoms with van der Waals surface area (Å²) < 4.78 is 1.98. The van der Waals surface area contributed by atoms with E-state index in [4.69, 9.17) is 0 Å². The molecule has 1 amide bonds. The Bertz CT molecular complexity index is 708. The first kappa shape index (κ1) is 20.4. The smallest absolute Gasteiger partial charge is 0.253 e. The van der Waals surface area contributed by atoms with E-state index in [1.54, 1.807) is 31.6 Å². The van der Waals surface area contributed by atoms with Crippen molar-refractivity contribution in [3.05, 3.63) is 48.0 Å². The van der Waals surface area contributed by atoms with Crippen LogP contribution in [0.15, 0.2) is 41.9 Å². The lowest BCUT2D eigenvalue weighted by Crippen LogP contribution is -2.37. The molecule has 0 bridgehead atoms. The van der Waals surface area contributed by atoms with Crippen molar-refractivity contribution in [2.45, 2.75) is 32.9 Å². The Morgan fingerprint density at radius 3 is 2.44 bits per heavy atom. The lowest BCUT2D eigenvalue weighted by atomic mass is 10.1. The summed E-state index contributed by atoms with van der Waals surface area (Å²) in [5.41, 5.74) is 1.75. The SMILES string of the molecule is CCNC(=NCc1ccc(C(=O)N(C)C)cc1)NCCCCn1cnnc1. The molecule has 0 saturated carbocycles. The average molecular weight is 371 g/mol. The van der Waals surface area contributed by atoms with E-state index >= 15 is 0 Å². The van der Waals surface area contributed by atoms with Gasteiger partial charge in [-0.3, -0.25) is 4.79 Å². The summed E-state index contributed by atoms with van der Waals surface area (Å²) in [6.07, 6.45) is 5.54. The molecule has 0 spiro atoms. The highest BCUT2D eigenvalue weighted by Crippen LogP contribution is 2.07. The topological polar surface area (TPSA) is 87.4 Å². The van der Waals surface area contributed by atoms with Gasteiger partial charge >= 0.3 is 0 Å². The normalized spacial score (nSPS) is 11.3. The maximum atomic E-state index is 11.9. The van der Waals surface area contributed by atoms with Crippen LogP contribution < -0.4 is 10.6 Å². The van der Waals surface area contributed by atoms with Crippen LogP contribution in [-0.4, -0.2) is 58.7 Å². The van der Waals surface area contributed by atoms with Gasteiger partial charge in [0, 0.05) is 39.3 Å². The van der Waals surface area contributed by atoms with Crippen LogP contribution in [0.1, 0.15) is 35.7 Å². The molecule has 0 atom stereocenters. The van der Waals surface area contributed by atoms with Gasteiger partial charge in [0.05, 0.1) is 6.54 Å². The second-order valence-electron chi connectivity index (χ2n) is 6.43. The number of unbranched alkanes of at least 4 members (excludes halogenated alkanes) is 1. The minimum absolute atomic E-state index is 0.00605. The number of nitrogens with one attached hydrogen (secondary N) is 2. The molecule has 1 heterocycles. The molecule has 27 heavy (non-hydrogen) atoms. The first-order valence-corrected chi connectivity index (χ1v) is 9.25. The predicted molar refractivity (Wildman–Crippen MR) is 107 cm³/mol. The summed E-state index contributed by atoms with van der Waals surface area (Å²) in [7, 11) is 3.50. The van der Waals surface area contributed by atoms with Crippen molar-refractivity contribution in [1.82, 2.24) is 30.3 Å². The highest BCUT2D eigenvalue weighted by atomic mass is 16.2. The molecule has 146 valence electrons. The number of benzene rings is 1. The number of rotatable bonds is 9. The van der Waals surface area contributed by atoms with E-state index in [2.05, 4.69) is 25.8 Å². The quantitative estimate of drug-likeness (QED) is 0.396. The van der Waals surface area contributed by atoms with Crippen molar-refractivity contribution < 1.29 is 4.79 Å². The lowest BCUT2D eigenvalue weighted by molar-refractivity contribution is 0.0827. The van der Waals surface area contributed by atoms with Crippen LogP contribution in [0.3, 0.4) is 0 Å². The summed E-state index contributed by atoms with van der Waals surface area (Å²) in [6.45, 7) is 5.19. The van der Waals surface area contributed by atoms with Crippen molar-refractivity contribution >= 4 is 11.9 Å². The second kappa shape index (κ2) is 10.9. The zero-order chi connectivity index (χ0) is 19.5. The third kappa shape index (κ3) is 7.08. The first-order chi connectivity index (χ1) is 13.1. The van der Waals surface area contributed by atoms with Gasteiger partial charge < -0.3 is 20.1 Å². The van der Waals surface area contributed by atoms with Crippen LogP contribution in [0.5, 0.6) is 0 Å². The summed E-state index contributed by atoms with van der Waals surface area (Å²) in [6, 6.07) is 7.59. The van der Waals surface area contributed by atoms with E-state index in [0.717, 1.165) is 44.0 Å². The average Bonchev–Trinajstić information content (AvgIpc) is 3.19. The zero-order valence-electron chi connectivity index (χ0n) is 16.4. The fourth-order valence-electron chi connectivity index (χ4n) is 2.49. The molecule has 2 N–H and O–H groups in total.